The van der Waals surface area contributed by atoms with Crippen molar-refractivity contribution in [3.05, 3.63) is 58.7 Å². The Kier molecular flexibility index (Phi) is 7.89. The van der Waals surface area contributed by atoms with Gasteiger partial charge in [-0.25, -0.2) is 17.2 Å². The van der Waals surface area contributed by atoms with E-state index in [0.29, 0.717) is 17.7 Å². The zero-order valence-electron chi connectivity index (χ0n) is 20.1. The molecule has 188 valence electrons. The van der Waals surface area contributed by atoms with Crippen molar-refractivity contribution in [3.63, 3.8) is 0 Å². The average Bonchev–Trinajstić information content (AvgIpc) is 2.72. The summed E-state index contributed by atoms with van der Waals surface area (Å²) in [5.74, 6) is -1.91. The maximum Gasteiger partial charge on any atom is 0.152 e. The van der Waals surface area contributed by atoms with Crippen LogP contribution in [0.2, 0.25) is 0 Å². The predicted molar refractivity (Wildman–Crippen MR) is 130 cm³/mol. The van der Waals surface area contributed by atoms with Gasteiger partial charge in [0.1, 0.15) is 23.1 Å². The minimum atomic E-state index is -3.46. The first kappa shape index (κ1) is 26.4. The van der Waals surface area contributed by atoms with E-state index in [0.717, 1.165) is 5.56 Å². The molecule has 1 aliphatic rings. The standard InChI is InChI=1S/C25H34F2N2O4S/c1-5-33-22-10-15(9-20(27)23(22)28)6-17-13-34(31,32)14-21(24(17)30)29-12-16-7-18(25(2,3)4)11-19(26)8-16/h7-11,17,21,24,29-30H,5-6,12-14,28H2,1-4H3/t17-,21+,24+/m1/s1. The van der Waals surface area contributed by atoms with E-state index in [-0.39, 0.29) is 47.1 Å². The number of nitrogen functional groups attached to an aromatic ring is 1. The lowest BCUT2D eigenvalue weighted by Gasteiger charge is -2.35. The maximum atomic E-state index is 14.3. The number of nitrogens with two attached hydrogens (primary N) is 1. The smallest absolute Gasteiger partial charge is 0.152 e. The van der Waals surface area contributed by atoms with Crippen molar-refractivity contribution in [1.82, 2.24) is 5.32 Å². The highest BCUT2D eigenvalue weighted by molar-refractivity contribution is 7.91. The van der Waals surface area contributed by atoms with Crippen LogP contribution in [0.15, 0.2) is 30.3 Å². The molecular formula is C25H34F2N2O4S. The minimum absolute atomic E-state index is 0.105. The van der Waals surface area contributed by atoms with E-state index in [4.69, 9.17) is 10.5 Å². The monoisotopic (exact) mass is 496 g/mol. The van der Waals surface area contributed by atoms with Gasteiger partial charge < -0.3 is 20.9 Å². The number of ether oxygens (including phenoxy) is 1. The molecule has 2 aromatic rings. The molecule has 4 N–H and O–H groups in total. The van der Waals surface area contributed by atoms with E-state index in [9.17, 15) is 22.3 Å². The Bertz CT molecular complexity index is 1130. The molecule has 0 bridgehead atoms. The van der Waals surface area contributed by atoms with Crippen LogP contribution in [0.1, 0.15) is 44.4 Å². The summed E-state index contributed by atoms with van der Waals surface area (Å²) in [6.45, 7) is 8.21. The van der Waals surface area contributed by atoms with Crippen molar-refractivity contribution in [2.45, 2.75) is 58.2 Å². The number of sulfone groups is 1. The summed E-state index contributed by atoms with van der Waals surface area (Å²) in [5.41, 5.74) is 7.36. The molecule has 6 nitrogen and oxygen atoms in total. The van der Waals surface area contributed by atoms with E-state index in [1.807, 2.05) is 26.8 Å². The third-order valence-corrected chi connectivity index (χ3v) is 7.94. The molecule has 0 spiro atoms. The first-order valence-electron chi connectivity index (χ1n) is 11.4. The van der Waals surface area contributed by atoms with Crippen LogP contribution in [-0.2, 0) is 28.2 Å². The van der Waals surface area contributed by atoms with Crippen LogP contribution in [-0.4, -0.2) is 43.8 Å². The molecule has 0 saturated carbocycles. The fourth-order valence-electron chi connectivity index (χ4n) is 4.33. The molecule has 0 unspecified atom stereocenters. The lowest BCUT2D eigenvalue weighted by Crippen LogP contribution is -2.54. The molecule has 3 atom stereocenters. The van der Waals surface area contributed by atoms with E-state index in [1.165, 1.54) is 18.2 Å². The summed E-state index contributed by atoms with van der Waals surface area (Å²) in [6.07, 6.45) is -0.848. The van der Waals surface area contributed by atoms with Gasteiger partial charge in [0.2, 0.25) is 0 Å². The summed E-state index contributed by atoms with van der Waals surface area (Å²) in [5, 5.41) is 14.1. The molecule has 0 radical (unpaired) electrons. The normalized spacial score (nSPS) is 22.5. The Hall–Kier alpha value is -2.23. The number of halogens is 2. The van der Waals surface area contributed by atoms with Crippen LogP contribution in [0.25, 0.3) is 0 Å². The van der Waals surface area contributed by atoms with Crippen molar-refractivity contribution in [3.8, 4) is 5.75 Å². The van der Waals surface area contributed by atoms with Gasteiger partial charge in [0.25, 0.3) is 0 Å². The zero-order chi connectivity index (χ0) is 25.3. The molecular weight excluding hydrogens is 462 g/mol. The summed E-state index contributed by atoms with van der Waals surface area (Å²) in [6, 6.07) is 6.85. The zero-order valence-corrected chi connectivity index (χ0v) is 20.9. The lowest BCUT2D eigenvalue weighted by molar-refractivity contribution is 0.0780. The van der Waals surface area contributed by atoms with Crippen LogP contribution >= 0.6 is 0 Å². The van der Waals surface area contributed by atoms with Crippen LogP contribution in [0.3, 0.4) is 0 Å². The number of hydrogen-bond donors (Lipinski definition) is 3. The van der Waals surface area contributed by atoms with Gasteiger partial charge in [-0.05, 0) is 59.7 Å². The molecule has 0 amide bonds. The highest BCUT2D eigenvalue weighted by Crippen LogP contribution is 2.30. The second-order valence-electron chi connectivity index (χ2n) is 10.0. The van der Waals surface area contributed by atoms with E-state index in [2.05, 4.69) is 5.32 Å². The van der Waals surface area contributed by atoms with Gasteiger partial charge in [-0.2, -0.15) is 0 Å². The second-order valence-corrected chi connectivity index (χ2v) is 12.2. The van der Waals surface area contributed by atoms with Gasteiger partial charge in [0.05, 0.1) is 24.2 Å². The fraction of sp³-hybridized carbons (Fsp3) is 0.520. The molecule has 3 rings (SSSR count). The van der Waals surface area contributed by atoms with E-state index in [1.54, 1.807) is 13.0 Å². The fourth-order valence-corrected chi connectivity index (χ4v) is 6.29. The lowest BCUT2D eigenvalue weighted by atomic mass is 9.86. The summed E-state index contributed by atoms with van der Waals surface area (Å²) in [4.78, 5) is 0. The number of aliphatic hydroxyl groups excluding tert-OH is 1. The summed E-state index contributed by atoms with van der Waals surface area (Å²) >= 11 is 0. The molecule has 34 heavy (non-hydrogen) atoms. The van der Waals surface area contributed by atoms with E-state index >= 15 is 0 Å². The number of anilines is 1. The third-order valence-electron chi connectivity index (χ3n) is 6.14. The number of hydrogen-bond acceptors (Lipinski definition) is 6. The van der Waals surface area contributed by atoms with Crippen molar-refractivity contribution in [2.75, 3.05) is 23.8 Å². The van der Waals surface area contributed by atoms with Crippen molar-refractivity contribution in [2.24, 2.45) is 5.92 Å². The Labute approximate surface area is 200 Å². The first-order chi connectivity index (χ1) is 15.8. The van der Waals surface area contributed by atoms with Gasteiger partial charge in [-0.3, -0.25) is 0 Å². The Balaban J connectivity index is 1.78. The van der Waals surface area contributed by atoms with Crippen molar-refractivity contribution >= 4 is 15.5 Å². The number of benzene rings is 2. The largest absolute Gasteiger partial charge is 0.492 e. The number of nitrogens with one attached hydrogen (secondary N) is 1. The number of rotatable bonds is 7. The predicted octanol–water partition coefficient (Wildman–Crippen LogP) is 3.35. The van der Waals surface area contributed by atoms with Crippen LogP contribution in [0.4, 0.5) is 14.5 Å². The van der Waals surface area contributed by atoms with Crippen molar-refractivity contribution in [1.29, 1.82) is 0 Å². The molecule has 1 aliphatic heterocycles. The Morgan fingerprint density at radius 3 is 2.47 bits per heavy atom. The molecule has 1 heterocycles. The summed E-state index contributed by atoms with van der Waals surface area (Å²) in [7, 11) is -3.46. The Morgan fingerprint density at radius 2 is 1.82 bits per heavy atom. The van der Waals surface area contributed by atoms with Crippen molar-refractivity contribution < 1.29 is 27.0 Å². The van der Waals surface area contributed by atoms with Gasteiger partial charge in [0.15, 0.2) is 9.84 Å². The Morgan fingerprint density at radius 1 is 1.12 bits per heavy atom. The molecule has 0 aliphatic carbocycles. The number of aliphatic hydroxyl groups is 1. The maximum absolute atomic E-state index is 14.3. The average molecular weight is 497 g/mol. The van der Waals surface area contributed by atoms with Gasteiger partial charge >= 0.3 is 0 Å². The van der Waals surface area contributed by atoms with Crippen LogP contribution in [0.5, 0.6) is 5.75 Å². The highest BCUT2D eigenvalue weighted by atomic mass is 32.2. The first-order valence-corrected chi connectivity index (χ1v) is 13.2. The third kappa shape index (κ3) is 6.46. The molecule has 9 heteroatoms. The SMILES string of the molecule is CCOc1cc(C[C@@H]2CS(=O)(=O)C[C@H](NCc3cc(F)cc(C(C)(C)C)c3)[C@H]2O)cc(F)c1N. The minimum Gasteiger partial charge on any atom is -0.492 e. The molecule has 2 aromatic carbocycles. The topological polar surface area (TPSA) is 102 Å². The molecule has 1 saturated heterocycles. The van der Waals surface area contributed by atoms with Crippen LogP contribution < -0.4 is 15.8 Å². The quantitative estimate of drug-likeness (QED) is 0.508. The van der Waals surface area contributed by atoms with E-state index < -0.39 is 33.7 Å². The second kappa shape index (κ2) is 10.2. The van der Waals surface area contributed by atoms with Gasteiger partial charge in [-0.15, -0.1) is 0 Å². The molecule has 0 aromatic heterocycles. The highest BCUT2D eigenvalue weighted by Gasteiger charge is 2.39. The van der Waals surface area contributed by atoms with Gasteiger partial charge in [-0.1, -0.05) is 26.8 Å². The molecule has 1 fully saturated rings. The van der Waals surface area contributed by atoms with Gasteiger partial charge in [0, 0.05) is 18.5 Å². The van der Waals surface area contributed by atoms with Crippen LogP contribution in [0, 0.1) is 17.6 Å². The summed E-state index contributed by atoms with van der Waals surface area (Å²) < 4.78 is 59.0.